The smallest absolute Gasteiger partial charge is 0.344 e. The summed E-state index contributed by atoms with van der Waals surface area (Å²) in [5.74, 6) is -0.724. The van der Waals surface area contributed by atoms with Crippen molar-refractivity contribution in [2.45, 2.75) is 39.0 Å². The molecule has 0 aliphatic rings. The number of carbonyl (C=O) groups is 1. The fourth-order valence-electron chi connectivity index (χ4n) is 4.93. The van der Waals surface area contributed by atoms with Crippen LogP contribution in [0.5, 0.6) is 0 Å². The normalized spacial score (nSPS) is 11.9. The first-order chi connectivity index (χ1) is 21.1. The number of nitrogens with two attached hydrogens (primary N) is 1. The maximum absolute atomic E-state index is 13.9. The number of imidazole rings is 1. The third kappa shape index (κ3) is 8.52. The molecule has 3 N–H and O–H groups in total. The van der Waals surface area contributed by atoms with Gasteiger partial charge in [0, 0.05) is 49.6 Å². The second-order valence-corrected chi connectivity index (χ2v) is 10.9. The van der Waals surface area contributed by atoms with E-state index in [-0.39, 0.29) is 42.5 Å². The second kappa shape index (κ2) is 14.8. The number of rotatable bonds is 12. The Hall–Kier alpha value is -4.53. The van der Waals surface area contributed by atoms with Crippen molar-refractivity contribution in [2.75, 3.05) is 18.4 Å². The molecule has 0 fully saturated rings. The van der Waals surface area contributed by atoms with Crippen molar-refractivity contribution >= 4 is 28.8 Å². The predicted molar refractivity (Wildman–Crippen MR) is 168 cm³/mol. The first-order valence-electron chi connectivity index (χ1n) is 14.1. The van der Waals surface area contributed by atoms with Crippen molar-refractivity contribution in [1.29, 1.82) is 5.26 Å². The van der Waals surface area contributed by atoms with Crippen molar-refractivity contribution in [3.8, 4) is 6.07 Å². The average molecular weight is 619 g/mol. The Morgan fingerprint density at radius 3 is 2.50 bits per heavy atom. The van der Waals surface area contributed by atoms with Crippen molar-refractivity contribution < 1.29 is 18.0 Å². The number of aromatic nitrogens is 2. The molecule has 1 aromatic heterocycles. The number of nitrogens with zero attached hydrogens (tertiary/aromatic N) is 4. The maximum Gasteiger partial charge on any atom is 0.416 e. The van der Waals surface area contributed by atoms with Crippen molar-refractivity contribution in [3.05, 3.63) is 119 Å². The van der Waals surface area contributed by atoms with Crippen LogP contribution in [0.25, 0.3) is 0 Å². The lowest BCUT2D eigenvalue weighted by atomic mass is 9.95. The molecule has 0 amide bonds. The summed E-state index contributed by atoms with van der Waals surface area (Å²) in [4.78, 5) is 19.6. The standard InChI is InChI=1S/C33H33F3N6OS/c1-23-6-2-5-9-30(23)40-32(44)41(20-26-7-3-4-8-29(26)33(34,35)36)21-27(14-15-37)31(43)16-28-18-39-22-42(28)19-25-12-10-24(17-38)11-13-25/h2-13,18,22,27H,14-16,19-21,37H2,1H3,(H,40,44)/t27-/m0/s1. The van der Waals surface area contributed by atoms with Crippen LogP contribution in [0.2, 0.25) is 0 Å². The van der Waals surface area contributed by atoms with E-state index in [1.807, 2.05) is 47.9 Å². The third-order valence-electron chi connectivity index (χ3n) is 7.36. The number of hydrogen-bond acceptors (Lipinski definition) is 5. The van der Waals surface area contributed by atoms with Gasteiger partial charge in [-0.15, -0.1) is 0 Å². The lowest BCUT2D eigenvalue weighted by Gasteiger charge is -2.31. The molecular weight excluding hydrogens is 585 g/mol. The first kappa shape index (κ1) is 32.4. The summed E-state index contributed by atoms with van der Waals surface area (Å²) < 4.78 is 43.5. The van der Waals surface area contributed by atoms with Crippen LogP contribution in [0, 0.1) is 24.2 Å². The number of ketones is 1. The Morgan fingerprint density at radius 2 is 1.82 bits per heavy atom. The van der Waals surface area contributed by atoms with E-state index in [0.29, 0.717) is 24.2 Å². The molecule has 4 aromatic rings. The van der Waals surface area contributed by atoms with E-state index in [1.54, 1.807) is 35.6 Å². The van der Waals surface area contributed by atoms with Crippen molar-refractivity contribution in [1.82, 2.24) is 14.5 Å². The van der Waals surface area contributed by atoms with Gasteiger partial charge in [0.15, 0.2) is 5.11 Å². The number of Topliss-reactive ketones (excluding diaryl/α,β-unsaturated/α-hetero) is 1. The van der Waals surface area contributed by atoms with Crippen LogP contribution in [-0.4, -0.2) is 38.4 Å². The van der Waals surface area contributed by atoms with Crippen LogP contribution in [0.3, 0.4) is 0 Å². The highest BCUT2D eigenvalue weighted by molar-refractivity contribution is 7.80. The van der Waals surface area contributed by atoms with Crippen LogP contribution in [0.1, 0.15) is 39.9 Å². The number of carbonyl (C=O) groups excluding carboxylic acids is 1. The fourth-order valence-corrected chi connectivity index (χ4v) is 5.18. The van der Waals surface area contributed by atoms with E-state index in [9.17, 15) is 18.0 Å². The molecule has 0 aliphatic heterocycles. The van der Waals surface area contributed by atoms with Gasteiger partial charge in [0.2, 0.25) is 0 Å². The summed E-state index contributed by atoms with van der Waals surface area (Å²) >= 11 is 5.73. The molecule has 0 saturated heterocycles. The summed E-state index contributed by atoms with van der Waals surface area (Å²) in [6.07, 6.45) is -0.894. The Morgan fingerprint density at radius 1 is 1.11 bits per heavy atom. The largest absolute Gasteiger partial charge is 0.416 e. The number of alkyl halides is 3. The van der Waals surface area contributed by atoms with Gasteiger partial charge in [0.1, 0.15) is 5.78 Å². The predicted octanol–water partition coefficient (Wildman–Crippen LogP) is 6.11. The molecule has 0 saturated carbocycles. The maximum atomic E-state index is 13.9. The molecule has 4 rings (SSSR count). The van der Waals surface area contributed by atoms with E-state index < -0.39 is 17.7 Å². The Kier molecular flexibility index (Phi) is 10.9. The van der Waals surface area contributed by atoms with Crippen LogP contribution < -0.4 is 11.1 Å². The summed E-state index contributed by atoms with van der Waals surface area (Å²) in [6.45, 7) is 2.49. The molecule has 228 valence electrons. The highest BCUT2D eigenvalue weighted by Crippen LogP contribution is 2.33. The molecular formula is C33H33F3N6OS. The number of thiocarbonyl (C=S) groups is 1. The third-order valence-corrected chi connectivity index (χ3v) is 7.72. The van der Waals surface area contributed by atoms with Gasteiger partial charge in [-0.05, 0) is 73.1 Å². The van der Waals surface area contributed by atoms with Crippen LogP contribution in [0.4, 0.5) is 18.9 Å². The van der Waals surface area contributed by atoms with Gasteiger partial charge in [-0.2, -0.15) is 18.4 Å². The molecule has 11 heteroatoms. The minimum atomic E-state index is -4.55. The number of halogens is 3. The first-order valence-corrected chi connectivity index (χ1v) is 14.5. The number of nitriles is 1. The quantitative estimate of drug-likeness (QED) is 0.185. The molecule has 0 spiro atoms. The number of benzene rings is 3. The number of anilines is 1. The highest BCUT2D eigenvalue weighted by Gasteiger charge is 2.34. The van der Waals surface area contributed by atoms with E-state index in [2.05, 4.69) is 16.4 Å². The van der Waals surface area contributed by atoms with Gasteiger partial charge in [0.25, 0.3) is 0 Å². The number of para-hydroxylation sites is 1. The van der Waals surface area contributed by atoms with Crippen LogP contribution >= 0.6 is 12.2 Å². The molecule has 0 bridgehead atoms. The minimum Gasteiger partial charge on any atom is -0.344 e. The van der Waals surface area contributed by atoms with E-state index in [0.717, 1.165) is 22.9 Å². The van der Waals surface area contributed by atoms with Gasteiger partial charge in [0.05, 0.1) is 23.5 Å². The lowest BCUT2D eigenvalue weighted by molar-refractivity contribution is -0.138. The lowest BCUT2D eigenvalue weighted by Crippen LogP contribution is -2.41. The Balaban J connectivity index is 1.57. The van der Waals surface area contributed by atoms with E-state index in [4.69, 9.17) is 23.2 Å². The van der Waals surface area contributed by atoms with E-state index >= 15 is 0 Å². The molecule has 0 aliphatic carbocycles. The summed E-state index contributed by atoms with van der Waals surface area (Å²) in [6, 6.07) is 22.1. The topological polar surface area (TPSA) is 100.0 Å². The van der Waals surface area contributed by atoms with Gasteiger partial charge in [-0.1, -0.05) is 48.5 Å². The minimum absolute atomic E-state index is 0.0494. The van der Waals surface area contributed by atoms with Crippen molar-refractivity contribution in [2.24, 2.45) is 11.7 Å². The zero-order valence-corrected chi connectivity index (χ0v) is 25.0. The SMILES string of the molecule is Cc1ccccc1NC(=S)N(Cc1ccccc1C(F)(F)F)C[C@H](CCN)C(=O)Cc1cncn1Cc1ccc(C#N)cc1. The molecule has 44 heavy (non-hydrogen) atoms. The van der Waals surface area contributed by atoms with Gasteiger partial charge >= 0.3 is 6.18 Å². The summed E-state index contributed by atoms with van der Waals surface area (Å²) in [5, 5.41) is 12.4. The second-order valence-electron chi connectivity index (χ2n) is 10.5. The fraction of sp³-hybridized carbons (Fsp3) is 0.273. The zero-order valence-electron chi connectivity index (χ0n) is 24.2. The van der Waals surface area contributed by atoms with E-state index in [1.165, 1.54) is 12.1 Å². The number of nitrogens with one attached hydrogen (secondary N) is 1. The summed E-state index contributed by atoms with van der Waals surface area (Å²) in [5.41, 5.74) is 9.03. The van der Waals surface area contributed by atoms with Crippen molar-refractivity contribution in [3.63, 3.8) is 0 Å². The molecule has 3 aromatic carbocycles. The number of aryl methyl sites for hydroxylation is 1. The summed E-state index contributed by atoms with van der Waals surface area (Å²) in [7, 11) is 0. The van der Waals surface area contributed by atoms with Gasteiger partial charge in [-0.3, -0.25) is 4.79 Å². The monoisotopic (exact) mass is 618 g/mol. The molecule has 7 nitrogen and oxygen atoms in total. The number of hydrogen-bond donors (Lipinski definition) is 2. The molecule has 1 atom stereocenters. The highest BCUT2D eigenvalue weighted by atomic mass is 32.1. The van der Waals surface area contributed by atoms with Crippen LogP contribution in [0.15, 0.2) is 85.3 Å². The van der Waals surface area contributed by atoms with Gasteiger partial charge < -0.3 is 20.5 Å². The molecule has 1 heterocycles. The Labute approximate surface area is 260 Å². The molecule has 0 radical (unpaired) electrons. The average Bonchev–Trinajstić information content (AvgIpc) is 3.43. The zero-order chi connectivity index (χ0) is 31.7. The van der Waals surface area contributed by atoms with Crippen LogP contribution in [-0.2, 0) is 30.5 Å². The molecule has 0 unspecified atom stereocenters. The van der Waals surface area contributed by atoms with Gasteiger partial charge in [-0.25, -0.2) is 4.98 Å². The Bertz CT molecular complexity index is 1630.